The van der Waals surface area contributed by atoms with Crippen LogP contribution >= 0.6 is 0 Å². The van der Waals surface area contributed by atoms with Gasteiger partial charge in [0.15, 0.2) is 11.5 Å². The van der Waals surface area contributed by atoms with Crippen molar-refractivity contribution in [2.45, 2.75) is 0 Å². The van der Waals surface area contributed by atoms with E-state index in [0.29, 0.717) is 36.0 Å². The molecule has 0 saturated carbocycles. The van der Waals surface area contributed by atoms with Crippen LogP contribution in [0.1, 0.15) is 10.5 Å². The zero-order valence-electron chi connectivity index (χ0n) is 12.7. The normalized spacial score (nSPS) is 12.0. The van der Waals surface area contributed by atoms with E-state index in [-0.39, 0.29) is 12.7 Å². The van der Waals surface area contributed by atoms with Gasteiger partial charge in [-0.15, -0.1) is 0 Å². The summed E-state index contributed by atoms with van der Waals surface area (Å²) in [5, 5.41) is 5.92. The van der Waals surface area contributed by atoms with Gasteiger partial charge in [0.2, 0.25) is 6.79 Å². The Balaban J connectivity index is 1.61. The lowest BCUT2D eigenvalue weighted by Gasteiger charge is -2.07. The number of aromatic nitrogens is 1. The fraction of sp³-hybridized carbons (Fsp3) is 0.250. The number of carbonyl (C=O) groups excluding carboxylic acids is 1. The predicted octanol–water partition coefficient (Wildman–Crippen LogP) is 2.12. The first kappa shape index (κ1) is 15.1. The van der Waals surface area contributed by atoms with Crippen molar-refractivity contribution in [2.75, 3.05) is 37.7 Å². The highest BCUT2D eigenvalue weighted by Gasteiger charge is 2.15. The number of nitrogens with one attached hydrogen (secondary N) is 2. The third-order valence-corrected chi connectivity index (χ3v) is 3.26. The fourth-order valence-corrected chi connectivity index (χ4v) is 2.10. The third-order valence-electron chi connectivity index (χ3n) is 3.26. The first-order valence-corrected chi connectivity index (χ1v) is 7.16. The van der Waals surface area contributed by atoms with Crippen LogP contribution in [0.15, 0.2) is 36.5 Å². The Morgan fingerprint density at radius 2 is 2.04 bits per heavy atom. The van der Waals surface area contributed by atoms with Gasteiger partial charge in [-0.3, -0.25) is 4.79 Å². The van der Waals surface area contributed by atoms with E-state index in [1.165, 1.54) is 0 Å². The highest BCUT2D eigenvalue weighted by molar-refractivity contribution is 6.03. The van der Waals surface area contributed by atoms with E-state index in [9.17, 15) is 4.79 Å². The molecule has 0 fully saturated rings. The van der Waals surface area contributed by atoms with Gasteiger partial charge in [-0.1, -0.05) is 0 Å². The summed E-state index contributed by atoms with van der Waals surface area (Å²) in [5.74, 6) is 1.01. The summed E-state index contributed by atoms with van der Waals surface area (Å²) in [5.41, 5.74) is 1.80. The minimum absolute atomic E-state index is 0.200. The number of hydrogen-bond acceptors (Lipinski definition) is 6. The van der Waals surface area contributed by atoms with E-state index in [2.05, 4.69) is 15.6 Å². The predicted molar refractivity (Wildman–Crippen MR) is 85.1 cm³/mol. The number of ether oxygens (including phenoxy) is 3. The molecule has 1 aliphatic heterocycles. The van der Waals surface area contributed by atoms with Crippen LogP contribution in [0.25, 0.3) is 0 Å². The second-order valence-electron chi connectivity index (χ2n) is 4.87. The van der Waals surface area contributed by atoms with Gasteiger partial charge in [-0.2, -0.15) is 0 Å². The smallest absolute Gasteiger partial charge is 0.274 e. The van der Waals surface area contributed by atoms with E-state index in [1.54, 1.807) is 43.6 Å². The van der Waals surface area contributed by atoms with Gasteiger partial charge >= 0.3 is 0 Å². The quantitative estimate of drug-likeness (QED) is 0.795. The Morgan fingerprint density at radius 3 is 2.83 bits per heavy atom. The molecular formula is C16H17N3O4. The maximum Gasteiger partial charge on any atom is 0.274 e. The van der Waals surface area contributed by atoms with Crippen molar-refractivity contribution in [1.29, 1.82) is 0 Å². The highest BCUT2D eigenvalue weighted by Crippen LogP contribution is 2.34. The molecule has 0 atom stereocenters. The topological polar surface area (TPSA) is 81.7 Å². The Kier molecular flexibility index (Phi) is 4.58. The zero-order valence-corrected chi connectivity index (χ0v) is 12.7. The van der Waals surface area contributed by atoms with Crippen LogP contribution in [0.2, 0.25) is 0 Å². The lowest BCUT2D eigenvalue weighted by molar-refractivity contribution is 0.102. The molecule has 1 aromatic heterocycles. The molecule has 1 amide bonds. The van der Waals surface area contributed by atoms with Crippen molar-refractivity contribution >= 4 is 17.3 Å². The molecule has 7 nitrogen and oxygen atoms in total. The van der Waals surface area contributed by atoms with E-state index in [1.807, 2.05) is 0 Å². The van der Waals surface area contributed by atoms with Crippen molar-refractivity contribution in [3.8, 4) is 11.5 Å². The van der Waals surface area contributed by atoms with Gasteiger partial charge in [0, 0.05) is 25.4 Å². The minimum atomic E-state index is -0.285. The standard InChI is InChI=1S/C16H17N3O4/c1-21-7-6-17-12-2-4-13(18-9-12)16(20)19-11-3-5-14-15(8-11)23-10-22-14/h2-5,8-9,17H,6-7,10H2,1H3,(H,19,20). The molecule has 23 heavy (non-hydrogen) atoms. The fourth-order valence-electron chi connectivity index (χ4n) is 2.10. The zero-order chi connectivity index (χ0) is 16.1. The molecule has 0 spiro atoms. The largest absolute Gasteiger partial charge is 0.454 e. The molecule has 1 aromatic carbocycles. The summed E-state index contributed by atoms with van der Waals surface area (Å²) in [6, 6.07) is 8.70. The van der Waals surface area contributed by atoms with E-state index >= 15 is 0 Å². The Labute approximate surface area is 133 Å². The number of anilines is 2. The Bertz CT molecular complexity index is 688. The van der Waals surface area contributed by atoms with Gasteiger partial charge in [0.05, 0.1) is 18.5 Å². The first-order chi connectivity index (χ1) is 11.3. The van der Waals surface area contributed by atoms with E-state index < -0.39 is 0 Å². The molecule has 3 rings (SSSR count). The molecule has 0 saturated heterocycles. The van der Waals surface area contributed by atoms with Crippen LogP contribution in [0.3, 0.4) is 0 Å². The lowest BCUT2D eigenvalue weighted by atomic mass is 10.2. The van der Waals surface area contributed by atoms with Crippen molar-refractivity contribution in [3.63, 3.8) is 0 Å². The number of carbonyl (C=O) groups is 1. The van der Waals surface area contributed by atoms with E-state index in [4.69, 9.17) is 14.2 Å². The summed E-state index contributed by atoms with van der Waals surface area (Å²) in [7, 11) is 1.64. The van der Waals surface area contributed by atoms with Crippen LogP contribution in [0.5, 0.6) is 11.5 Å². The second kappa shape index (κ2) is 6.97. The first-order valence-electron chi connectivity index (χ1n) is 7.16. The number of fused-ring (bicyclic) bond motifs is 1. The minimum Gasteiger partial charge on any atom is -0.454 e. The summed E-state index contributed by atoms with van der Waals surface area (Å²) < 4.78 is 15.5. The summed E-state index contributed by atoms with van der Waals surface area (Å²) >= 11 is 0. The number of benzene rings is 1. The van der Waals surface area contributed by atoms with Gasteiger partial charge in [-0.25, -0.2) is 4.98 Å². The third kappa shape index (κ3) is 3.70. The molecular weight excluding hydrogens is 298 g/mol. The number of methoxy groups -OCH3 is 1. The number of hydrogen-bond donors (Lipinski definition) is 2. The van der Waals surface area contributed by atoms with Gasteiger partial charge in [0.1, 0.15) is 5.69 Å². The van der Waals surface area contributed by atoms with Gasteiger partial charge < -0.3 is 24.8 Å². The number of nitrogens with zero attached hydrogens (tertiary/aromatic N) is 1. The Morgan fingerprint density at radius 1 is 1.22 bits per heavy atom. The molecule has 2 aromatic rings. The number of pyridine rings is 1. The van der Waals surface area contributed by atoms with Crippen LogP contribution in [0, 0.1) is 0 Å². The van der Waals surface area contributed by atoms with E-state index in [0.717, 1.165) is 5.69 Å². The average Bonchev–Trinajstić information content (AvgIpc) is 3.03. The summed E-state index contributed by atoms with van der Waals surface area (Å²) in [6.45, 7) is 1.49. The second-order valence-corrected chi connectivity index (χ2v) is 4.87. The number of rotatable bonds is 6. The SMILES string of the molecule is COCCNc1ccc(C(=O)Nc2ccc3c(c2)OCO3)nc1. The van der Waals surface area contributed by atoms with Gasteiger partial charge in [0.25, 0.3) is 5.91 Å². The lowest BCUT2D eigenvalue weighted by Crippen LogP contribution is -2.14. The van der Waals surface area contributed by atoms with Crippen LogP contribution in [-0.4, -0.2) is 37.9 Å². The molecule has 2 heterocycles. The van der Waals surface area contributed by atoms with Crippen LogP contribution in [-0.2, 0) is 4.74 Å². The number of amides is 1. The molecule has 2 N–H and O–H groups in total. The van der Waals surface area contributed by atoms with Crippen molar-refractivity contribution in [2.24, 2.45) is 0 Å². The van der Waals surface area contributed by atoms with Crippen LogP contribution < -0.4 is 20.1 Å². The molecule has 7 heteroatoms. The summed E-state index contributed by atoms with van der Waals surface area (Å²) in [4.78, 5) is 16.4. The molecule has 0 unspecified atom stereocenters. The maximum atomic E-state index is 12.2. The van der Waals surface area contributed by atoms with Crippen molar-refractivity contribution < 1.29 is 19.0 Å². The highest BCUT2D eigenvalue weighted by atomic mass is 16.7. The monoisotopic (exact) mass is 315 g/mol. The Hall–Kier alpha value is -2.80. The molecule has 1 aliphatic rings. The summed E-state index contributed by atoms with van der Waals surface area (Å²) in [6.07, 6.45) is 1.62. The van der Waals surface area contributed by atoms with Gasteiger partial charge in [-0.05, 0) is 24.3 Å². The molecule has 0 bridgehead atoms. The maximum absolute atomic E-state index is 12.2. The average molecular weight is 315 g/mol. The molecule has 0 aliphatic carbocycles. The molecule has 0 radical (unpaired) electrons. The van der Waals surface area contributed by atoms with Crippen LogP contribution in [0.4, 0.5) is 11.4 Å². The molecule has 120 valence electrons. The van der Waals surface area contributed by atoms with Crippen molar-refractivity contribution in [3.05, 3.63) is 42.2 Å². The van der Waals surface area contributed by atoms with Crippen molar-refractivity contribution in [1.82, 2.24) is 4.98 Å².